The van der Waals surface area contributed by atoms with Crippen LogP contribution in [0, 0.1) is 6.92 Å². The van der Waals surface area contributed by atoms with Crippen molar-refractivity contribution in [3.63, 3.8) is 0 Å². The molecule has 0 aliphatic rings. The van der Waals surface area contributed by atoms with Crippen LogP contribution in [-0.2, 0) is 6.42 Å². The Morgan fingerprint density at radius 1 is 1.44 bits per heavy atom. The monoisotopic (exact) mass is 315 g/mol. The van der Waals surface area contributed by atoms with Crippen LogP contribution in [-0.4, -0.2) is 4.98 Å². The summed E-state index contributed by atoms with van der Waals surface area (Å²) < 4.78 is 1.72. The molecule has 0 aliphatic heterocycles. The van der Waals surface area contributed by atoms with E-state index in [1.54, 1.807) is 11.3 Å². The fraction of sp³-hybridized carbons (Fsp3) is 0.250. The van der Waals surface area contributed by atoms with E-state index < -0.39 is 0 Å². The molecule has 0 radical (unpaired) electrons. The first-order valence-electron chi connectivity index (χ1n) is 5.03. The molecule has 2 aromatic rings. The summed E-state index contributed by atoms with van der Waals surface area (Å²) in [6.45, 7) is 4.19. The zero-order valence-electron chi connectivity index (χ0n) is 9.05. The highest BCUT2D eigenvalue weighted by molar-refractivity contribution is 9.10. The van der Waals surface area contributed by atoms with E-state index in [0.29, 0.717) is 4.47 Å². The van der Waals surface area contributed by atoms with Crippen molar-refractivity contribution in [1.82, 2.24) is 4.98 Å². The molecule has 2 rings (SSSR count). The first-order chi connectivity index (χ1) is 7.61. The fourth-order valence-corrected chi connectivity index (χ4v) is 3.02. The molecule has 4 heteroatoms. The van der Waals surface area contributed by atoms with Gasteiger partial charge in [-0.15, -0.1) is 11.3 Å². The third-order valence-electron chi connectivity index (χ3n) is 2.44. The maximum absolute atomic E-state index is 5.96. The quantitative estimate of drug-likeness (QED) is 0.751. The maximum Gasteiger partial charge on any atom is 0.184 e. The van der Waals surface area contributed by atoms with E-state index in [1.165, 1.54) is 10.4 Å². The van der Waals surface area contributed by atoms with E-state index in [0.717, 1.165) is 22.2 Å². The lowest BCUT2D eigenvalue weighted by Crippen LogP contribution is -1.85. The van der Waals surface area contributed by atoms with Crippen LogP contribution in [0.5, 0.6) is 0 Å². The first-order valence-corrected chi connectivity index (χ1v) is 7.02. The molecule has 0 unspecified atom stereocenters. The van der Waals surface area contributed by atoms with E-state index in [4.69, 9.17) is 11.6 Å². The highest BCUT2D eigenvalue weighted by Crippen LogP contribution is 2.33. The molecule has 0 N–H and O–H groups in total. The summed E-state index contributed by atoms with van der Waals surface area (Å²) in [7, 11) is 0. The summed E-state index contributed by atoms with van der Waals surface area (Å²) >= 11 is 11.1. The summed E-state index contributed by atoms with van der Waals surface area (Å²) in [5.74, 6) is 0. The van der Waals surface area contributed by atoms with Gasteiger partial charge in [0.25, 0.3) is 0 Å². The Kier molecular flexibility index (Phi) is 3.67. The van der Waals surface area contributed by atoms with Gasteiger partial charge < -0.3 is 0 Å². The number of halogens is 2. The second kappa shape index (κ2) is 4.86. The SMILES string of the molecule is CCc1sc(Cl)nc1-c1ccc(C)c(Br)c1. The van der Waals surface area contributed by atoms with Gasteiger partial charge in [0.05, 0.1) is 5.69 Å². The van der Waals surface area contributed by atoms with Crippen molar-refractivity contribution in [1.29, 1.82) is 0 Å². The van der Waals surface area contributed by atoms with Crippen molar-refractivity contribution in [2.75, 3.05) is 0 Å². The molecular weight excluding hydrogens is 306 g/mol. The van der Waals surface area contributed by atoms with Gasteiger partial charge >= 0.3 is 0 Å². The van der Waals surface area contributed by atoms with Gasteiger partial charge in [0.15, 0.2) is 4.47 Å². The molecular formula is C12H11BrClNS. The minimum atomic E-state index is 0.614. The van der Waals surface area contributed by atoms with Crippen LogP contribution < -0.4 is 0 Å². The minimum absolute atomic E-state index is 0.614. The molecule has 84 valence electrons. The van der Waals surface area contributed by atoms with Crippen molar-refractivity contribution in [3.8, 4) is 11.3 Å². The van der Waals surface area contributed by atoms with Crippen LogP contribution >= 0.6 is 38.9 Å². The second-order valence-corrected chi connectivity index (χ2v) is 6.08. The second-order valence-electron chi connectivity index (χ2n) is 3.56. The van der Waals surface area contributed by atoms with Gasteiger partial charge in [-0.05, 0) is 25.0 Å². The van der Waals surface area contributed by atoms with Crippen LogP contribution in [0.4, 0.5) is 0 Å². The number of rotatable bonds is 2. The smallest absolute Gasteiger partial charge is 0.184 e. The number of hydrogen-bond donors (Lipinski definition) is 0. The molecule has 0 saturated carbocycles. The lowest BCUT2D eigenvalue weighted by molar-refractivity contribution is 1.17. The van der Waals surface area contributed by atoms with Crippen LogP contribution in [0.3, 0.4) is 0 Å². The van der Waals surface area contributed by atoms with E-state index in [1.807, 2.05) is 0 Å². The van der Waals surface area contributed by atoms with Gasteiger partial charge in [0, 0.05) is 14.9 Å². The average molecular weight is 317 g/mol. The van der Waals surface area contributed by atoms with E-state index >= 15 is 0 Å². The highest BCUT2D eigenvalue weighted by atomic mass is 79.9. The lowest BCUT2D eigenvalue weighted by atomic mass is 10.1. The summed E-state index contributed by atoms with van der Waals surface area (Å²) in [4.78, 5) is 5.62. The molecule has 0 spiro atoms. The standard InChI is InChI=1S/C12H11BrClNS/c1-3-10-11(15-12(14)16-10)8-5-4-7(2)9(13)6-8/h4-6H,3H2,1-2H3. The van der Waals surface area contributed by atoms with Crippen molar-refractivity contribution in [2.24, 2.45) is 0 Å². The Morgan fingerprint density at radius 2 is 2.19 bits per heavy atom. The molecule has 0 amide bonds. The molecule has 1 aromatic heterocycles. The summed E-state index contributed by atoms with van der Waals surface area (Å²) in [6, 6.07) is 6.27. The molecule has 1 nitrogen and oxygen atoms in total. The van der Waals surface area contributed by atoms with Crippen molar-refractivity contribution >= 4 is 38.9 Å². The number of nitrogens with zero attached hydrogens (tertiary/aromatic N) is 1. The van der Waals surface area contributed by atoms with Gasteiger partial charge in [0.2, 0.25) is 0 Å². The van der Waals surface area contributed by atoms with Gasteiger partial charge in [0.1, 0.15) is 0 Å². The van der Waals surface area contributed by atoms with Crippen LogP contribution in [0.2, 0.25) is 4.47 Å². The van der Waals surface area contributed by atoms with E-state index in [-0.39, 0.29) is 0 Å². The highest BCUT2D eigenvalue weighted by Gasteiger charge is 2.11. The lowest BCUT2D eigenvalue weighted by Gasteiger charge is -2.03. The maximum atomic E-state index is 5.96. The number of benzene rings is 1. The normalized spacial score (nSPS) is 10.8. The largest absolute Gasteiger partial charge is 0.225 e. The van der Waals surface area contributed by atoms with Gasteiger partial charge in [-0.1, -0.05) is 46.6 Å². The predicted molar refractivity (Wildman–Crippen MR) is 74.4 cm³/mol. The third kappa shape index (κ3) is 2.31. The average Bonchev–Trinajstić information content (AvgIpc) is 2.63. The summed E-state index contributed by atoms with van der Waals surface area (Å²) in [5, 5.41) is 0. The Bertz CT molecular complexity index is 522. The fourth-order valence-electron chi connectivity index (χ4n) is 1.53. The third-order valence-corrected chi connectivity index (χ3v) is 4.60. The molecule has 0 aliphatic carbocycles. The molecule has 0 atom stereocenters. The summed E-state index contributed by atoms with van der Waals surface area (Å²) in [5.41, 5.74) is 3.36. The van der Waals surface area contributed by atoms with Crippen LogP contribution in [0.15, 0.2) is 22.7 Å². The molecule has 0 fully saturated rings. The Morgan fingerprint density at radius 3 is 2.81 bits per heavy atom. The predicted octanol–water partition coefficient (Wildman–Crippen LogP) is 5.10. The van der Waals surface area contributed by atoms with E-state index in [2.05, 4.69) is 53.0 Å². The van der Waals surface area contributed by atoms with Crippen molar-refractivity contribution in [2.45, 2.75) is 20.3 Å². The molecule has 1 aromatic carbocycles. The summed E-state index contributed by atoms with van der Waals surface area (Å²) in [6.07, 6.45) is 0.964. The van der Waals surface area contributed by atoms with E-state index in [9.17, 15) is 0 Å². The zero-order valence-corrected chi connectivity index (χ0v) is 12.2. The number of aromatic nitrogens is 1. The van der Waals surface area contributed by atoms with Crippen molar-refractivity contribution < 1.29 is 0 Å². The molecule has 1 heterocycles. The molecule has 0 bridgehead atoms. The number of hydrogen-bond acceptors (Lipinski definition) is 2. The number of aryl methyl sites for hydroxylation is 2. The molecule has 16 heavy (non-hydrogen) atoms. The van der Waals surface area contributed by atoms with Gasteiger partial charge in [-0.25, -0.2) is 4.98 Å². The topological polar surface area (TPSA) is 12.9 Å². The Hall–Kier alpha value is -0.380. The van der Waals surface area contributed by atoms with Crippen molar-refractivity contribution in [3.05, 3.63) is 37.6 Å². The Labute approximate surface area is 113 Å². The zero-order chi connectivity index (χ0) is 11.7. The van der Waals surface area contributed by atoms with Crippen LogP contribution in [0.25, 0.3) is 11.3 Å². The molecule has 0 saturated heterocycles. The minimum Gasteiger partial charge on any atom is -0.225 e. The van der Waals surface area contributed by atoms with Gasteiger partial charge in [-0.2, -0.15) is 0 Å². The van der Waals surface area contributed by atoms with Gasteiger partial charge in [-0.3, -0.25) is 0 Å². The Balaban J connectivity index is 2.53. The number of thiazole rings is 1. The first kappa shape index (κ1) is 12.1. The van der Waals surface area contributed by atoms with Crippen LogP contribution in [0.1, 0.15) is 17.4 Å².